The summed E-state index contributed by atoms with van der Waals surface area (Å²) in [6.45, 7) is 7.11. The summed E-state index contributed by atoms with van der Waals surface area (Å²) in [5, 5.41) is 0. The second-order valence-electron chi connectivity index (χ2n) is 10.4. The number of hydrogen-bond acceptors (Lipinski definition) is 9. The molecule has 0 N–H and O–H groups in total. The first-order chi connectivity index (χ1) is 15.7. The van der Waals surface area contributed by atoms with Crippen LogP contribution < -0.4 is 0 Å². The van der Waals surface area contributed by atoms with Crippen molar-refractivity contribution in [2.24, 2.45) is 11.8 Å². The van der Waals surface area contributed by atoms with Crippen molar-refractivity contribution >= 4 is 19.2 Å². The molecule has 0 aromatic heterocycles. The fourth-order valence-electron chi connectivity index (χ4n) is 6.15. The van der Waals surface area contributed by atoms with Crippen LogP contribution >= 0.6 is 7.60 Å². The van der Waals surface area contributed by atoms with Crippen LogP contribution in [-0.4, -0.2) is 105 Å². The highest BCUT2D eigenvalue weighted by molar-refractivity contribution is 7.54. The number of ether oxygens (including phenoxy) is 2. The zero-order valence-electron chi connectivity index (χ0n) is 20.4. The number of Topliss-reactive ketones (excluding diaryl/α,β-unsaturated/α-hetero) is 2. The number of carbonyl (C=O) groups is 2. The molecule has 6 aliphatic heterocycles. The average Bonchev–Trinajstić information content (AvgIpc) is 2.82. The van der Waals surface area contributed by atoms with Crippen LogP contribution in [0, 0.1) is 11.8 Å². The van der Waals surface area contributed by atoms with E-state index in [1.54, 1.807) is 28.1 Å². The molecule has 0 aliphatic carbocycles. The van der Waals surface area contributed by atoms with E-state index < -0.39 is 24.3 Å². The summed E-state index contributed by atoms with van der Waals surface area (Å²) in [7, 11) is -0.477. The fraction of sp³-hybridized carbons (Fsp3) is 0.913. The molecule has 0 saturated carbocycles. The lowest BCUT2D eigenvalue weighted by Gasteiger charge is -2.53. The maximum atomic E-state index is 13.9. The van der Waals surface area contributed by atoms with Crippen LogP contribution in [0.25, 0.3) is 0 Å². The van der Waals surface area contributed by atoms with Crippen LogP contribution in [0.1, 0.15) is 39.5 Å². The molecule has 9 nitrogen and oxygen atoms in total. The summed E-state index contributed by atoms with van der Waals surface area (Å²) in [5.41, 5.74) is -2.29. The molecule has 0 radical (unpaired) electrons. The summed E-state index contributed by atoms with van der Waals surface area (Å²) in [6, 6.07) is 0. The zero-order chi connectivity index (χ0) is 23.9. The number of piperidine rings is 6. The summed E-state index contributed by atoms with van der Waals surface area (Å²) in [4.78, 5) is 30.7. The minimum absolute atomic E-state index is 0.00119. The SMILES string of the molecule is COCC1(COP(=O)(OCC2(COC)C(=O)C3CCN2CC3)C(C)C)C(=O)C2CCN1CC2. The van der Waals surface area contributed by atoms with E-state index in [4.69, 9.17) is 18.5 Å². The highest BCUT2D eigenvalue weighted by Crippen LogP contribution is 2.55. The third-order valence-electron chi connectivity index (χ3n) is 8.22. The Morgan fingerprint density at radius 2 is 1.15 bits per heavy atom. The molecule has 0 aromatic carbocycles. The van der Waals surface area contributed by atoms with E-state index in [1.807, 2.05) is 0 Å². The van der Waals surface area contributed by atoms with Gasteiger partial charge in [-0.1, -0.05) is 13.8 Å². The molecular weight excluding hydrogens is 447 g/mol. The van der Waals surface area contributed by atoms with Gasteiger partial charge in [0.15, 0.2) is 11.6 Å². The van der Waals surface area contributed by atoms with Gasteiger partial charge >= 0.3 is 7.60 Å². The number of ketones is 2. The lowest BCUT2D eigenvalue weighted by atomic mass is 9.74. The van der Waals surface area contributed by atoms with Crippen LogP contribution in [0.4, 0.5) is 0 Å². The molecule has 10 heteroatoms. The minimum Gasteiger partial charge on any atom is -0.382 e. The predicted octanol–water partition coefficient (Wildman–Crippen LogP) is 1.98. The Labute approximate surface area is 197 Å². The van der Waals surface area contributed by atoms with Crippen molar-refractivity contribution < 1.29 is 32.7 Å². The quantitative estimate of drug-likeness (QED) is 0.406. The highest BCUT2D eigenvalue weighted by atomic mass is 31.2. The number of fused-ring (bicyclic) bond motifs is 6. The van der Waals surface area contributed by atoms with Crippen molar-refractivity contribution in [3.05, 3.63) is 0 Å². The molecule has 0 amide bonds. The van der Waals surface area contributed by atoms with E-state index in [-0.39, 0.29) is 49.8 Å². The van der Waals surface area contributed by atoms with Gasteiger partial charge in [0.2, 0.25) is 0 Å². The Balaban J connectivity index is 1.52. The van der Waals surface area contributed by atoms with Crippen molar-refractivity contribution in [3.63, 3.8) is 0 Å². The predicted molar refractivity (Wildman–Crippen MR) is 122 cm³/mol. The minimum atomic E-state index is -3.62. The molecule has 6 heterocycles. The van der Waals surface area contributed by atoms with Gasteiger partial charge in [-0.3, -0.25) is 24.0 Å². The van der Waals surface area contributed by atoms with Crippen LogP contribution in [0.2, 0.25) is 0 Å². The standard InChI is InChI=1S/C23H39N2O7P/c1-17(2)33(28,31-15-22(13-29-3)20(26)18-5-9-24(22)10-6-18)32-16-23(14-30-4)21(27)19-7-11-25(23)12-8-19/h17-19H,5-16H2,1-4H3. The maximum Gasteiger partial charge on any atom is 0.333 e. The second-order valence-corrected chi connectivity index (χ2v) is 13.0. The van der Waals surface area contributed by atoms with Gasteiger partial charge < -0.3 is 18.5 Å². The summed E-state index contributed by atoms with van der Waals surface area (Å²) in [5.74, 6) is 0.223. The monoisotopic (exact) mass is 486 g/mol. The third kappa shape index (κ3) is 4.28. The van der Waals surface area contributed by atoms with Gasteiger partial charge in [0.1, 0.15) is 11.1 Å². The topological polar surface area (TPSA) is 94.6 Å². The second kappa shape index (κ2) is 9.76. The Kier molecular flexibility index (Phi) is 7.52. The third-order valence-corrected chi connectivity index (χ3v) is 10.5. The number of rotatable bonds is 11. The van der Waals surface area contributed by atoms with Crippen LogP contribution in [0.3, 0.4) is 0 Å². The number of hydrogen-bond donors (Lipinski definition) is 0. The molecule has 4 bridgehead atoms. The zero-order valence-corrected chi connectivity index (χ0v) is 21.3. The van der Waals surface area contributed by atoms with Crippen molar-refractivity contribution in [3.8, 4) is 0 Å². The molecule has 2 atom stereocenters. The Morgan fingerprint density at radius 1 is 0.788 bits per heavy atom. The molecule has 6 aliphatic rings. The first kappa shape index (κ1) is 25.4. The Morgan fingerprint density at radius 3 is 1.42 bits per heavy atom. The number of methoxy groups -OCH3 is 2. The van der Waals surface area contributed by atoms with E-state index >= 15 is 0 Å². The van der Waals surface area contributed by atoms with Crippen LogP contribution in [-0.2, 0) is 32.7 Å². The van der Waals surface area contributed by atoms with E-state index in [1.165, 1.54) is 0 Å². The van der Waals surface area contributed by atoms with Gasteiger partial charge in [0, 0.05) is 26.1 Å². The van der Waals surface area contributed by atoms with Gasteiger partial charge in [0.05, 0.1) is 32.1 Å². The first-order valence-corrected chi connectivity index (χ1v) is 13.8. The molecule has 0 aromatic rings. The maximum absolute atomic E-state index is 13.9. The fourth-order valence-corrected chi connectivity index (χ4v) is 7.61. The van der Waals surface area contributed by atoms with Crippen LogP contribution in [0.15, 0.2) is 0 Å². The summed E-state index contributed by atoms with van der Waals surface area (Å²) in [6.07, 6.45) is 3.39. The average molecular weight is 487 g/mol. The molecule has 6 fully saturated rings. The normalized spacial score (nSPS) is 39.9. The van der Waals surface area contributed by atoms with Gasteiger partial charge in [-0.15, -0.1) is 0 Å². The van der Waals surface area contributed by atoms with E-state index in [0.29, 0.717) is 0 Å². The van der Waals surface area contributed by atoms with Gasteiger partial charge in [0.25, 0.3) is 0 Å². The first-order valence-electron chi connectivity index (χ1n) is 12.2. The number of carbonyl (C=O) groups excluding carboxylic acids is 2. The molecule has 0 spiro atoms. The Bertz CT molecular complexity index is 734. The smallest absolute Gasteiger partial charge is 0.333 e. The molecule has 188 valence electrons. The molecular formula is C23H39N2O7P. The molecule has 6 rings (SSSR count). The molecule has 33 heavy (non-hydrogen) atoms. The van der Waals surface area contributed by atoms with E-state index in [2.05, 4.69) is 9.80 Å². The highest BCUT2D eigenvalue weighted by Gasteiger charge is 2.56. The summed E-state index contributed by atoms with van der Waals surface area (Å²) >= 11 is 0. The van der Waals surface area contributed by atoms with Gasteiger partial charge in [-0.25, -0.2) is 0 Å². The lowest BCUT2D eigenvalue weighted by molar-refractivity contribution is -0.158. The van der Waals surface area contributed by atoms with Gasteiger partial charge in [-0.2, -0.15) is 0 Å². The van der Waals surface area contributed by atoms with Crippen molar-refractivity contribution in [1.29, 1.82) is 0 Å². The lowest BCUT2D eigenvalue weighted by Crippen LogP contribution is -2.69. The Hall–Kier alpha value is -0.670. The molecule has 2 unspecified atom stereocenters. The largest absolute Gasteiger partial charge is 0.382 e. The van der Waals surface area contributed by atoms with Crippen molar-refractivity contribution in [2.75, 3.05) is 66.8 Å². The summed E-state index contributed by atoms with van der Waals surface area (Å²) < 4.78 is 36.9. The van der Waals surface area contributed by atoms with E-state index in [0.717, 1.165) is 51.9 Å². The van der Waals surface area contributed by atoms with Crippen molar-refractivity contribution in [1.82, 2.24) is 9.80 Å². The van der Waals surface area contributed by atoms with Crippen molar-refractivity contribution in [2.45, 2.75) is 56.3 Å². The molecule has 6 saturated heterocycles. The van der Waals surface area contributed by atoms with Gasteiger partial charge in [-0.05, 0) is 51.9 Å². The number of nitrogens with zero attached hydrogens (tertiary/aromatic N) is 2. The van der Waals surface area contributed by atoms with E-state index in [9.17, 15) is 14.2 Å². The van der Waals surface area contributed by atoms with Crippen LogP contribution in [0.5, 0.6) is 0 Å².